The van der Waals surface area contributed by atoms with Crippen LogP contribution in [0, 0.1) is 13.8 Å². The molecule has 7 heteroatoms. The molecule has 0 amide bonds. The van der Waals surface area contributed by atoms with Crippen LogP contribution in [-0.4, -0.2) is 38.0 Å². The van der Waals surface area contributed by atoms with Gasteiger partial charge in [-0.05, 0) is 44.2 Å². The van der Waals surface area contributed by atoms with Crippen LogP contribution in [0.1, 0.15) is 29.9 Å². The maximum absolute atomic E-state index is 5.93. The molecule has 4 rings (SSSR count). The van der Waals surface area contributed by atoms with Crippen LogP contribution in [0.25, 0.3) is 22.4 Å². The lowest BCUT2D eigenvalue weighted by molar-refractivity contribution is 0.568. The zero-order valence-corrected chi connectivity index (χ0v) is 18.4. The van der Waals surface area contributed by atoms with Crippen molar-refractivity contribution in [3.05, 3.63) is 66.1 Å². The highest BCUT2D eigenvalue weighted by molar-refractivity contribution is 7.99. The highest BCUT2D eigenvalue weighted by atomic mass is 32.2. The average Bonchev–Trinajstić information content (AvgIpc) is 3.15. The van der Waals surface area contributed by atoms with Gasteiger partial charge in [-0.3, -0.25) is 9.97 Å². The normalized spacial score (nSPS) is 13.3. The molecule has 0 spiro atoms. The summed E-state index contributed by atoms with van der Waals surface area (Å²) < 4.78 is 5.93. The number of anilines is 1. The summed E-state index contributed by atoms with van der Waals surface area (Å²) in [4.78, 5) is 17.6. The van der Waals surface area contributed by atoms with Gasteiger partial charge in [0.05, 0.1) is 5.69 Å². The minimum Gasteiger partial charge on any atom is -0.459 e. The third kappa shape index (κ3) is 4.31. The number of hydrogen-bond donors (Lipinski definition) is 1. The van der Waals surface area contributed by atoms with Crippen molar-refractivity contribution in [1.29, 1.82) is 0 Å². The van der Waals surface area contributed by atoms with Gasteiger partial charge in [-0.15, -0.1) is 0 Å². The fourth-order valence-corrected chi connectivity index (χ4v) is 4.34. The van der Waals surface area contributed by atoms with E-state index in [1.807, 2.05) is 62.3 Å². The number of aryl methyl sites for hydroxylation is 2. The molecule has 2 unspecified atom stereocenters. The van der Waals surface area contributed by atoms with Crippen LogP contribution < -0.4 is 5.32 Å². The van der Waals surface area contributed by atoms with E-state index in [9.17, 15) is 0 Å². The van der Waals surface area contributed by atoms with Gasteiger partial charge in [0.1, 0.15) is 23.4 Å². The van der Waals surface area contributed by atoms with Gasteiger partial charge in [-0.1, -0.05) is 6.92 Å². The van der Waals surface area contributed by atoms with E-state index in [1.165, 1.54) is 5.56 Å². The molecule has 0 bridgehead atoms. The molecular formula is C23H25N5OS. The third-order valence-electron chi connectivity index (χ3n) is 5.28. The molecule has 0 aromatic carbocycles. The van der Waals surface area contributed by atoms with Crippen molar-refractivity contribution < 1.29 is 4.42 Å². The van der Waals surface area contributed by atoms with Crippen molar-refractivity contribution in [3.8, 4) is 11.3 Å². The first-order valence-corrected chi connectivity index (χ1v) is 11.2. The van der Waals surface area contributed by atoms with Gasteiger partial charge >= 0.3 is 0 Å². The number of fused-ring (bicyclic) bond motifs is 1. The number of aromatic nitrogens is 4. The quantitative estimate of drug-likeness (QED) is 0.439. The second-order valence-corrected chi connectivity index (χ2v) is 8.47. The van der Waals surface area contributed by atoms with Crippen LogP contribution in [0.3, 0.4) is 0 Å². The Bertz CT molecular complexity index is 1140. The topological polar surface area (TPSA) is 76.7 Å². The largest absolute Gasteiger partial charge is 0.459 e. The molecule has 4 aromatic heterocycles. The van der Waals surface area contributed by atoms with Gasteiger partial charge in [0, 0.05) is 53.1 Å². The van der Waals surface area contributed by atoms with E-state index in [-0.39, 0.29) is 5.92 Å². The minimum atomic E-state index is 0.283. The lowest BCUT2D eigenvalue weighted by Crippen LogP contribution is -2.23. The smallest absolute Gasteiger partial charge is 0.156 e. The van der Waals surface area contributed by atoms with E-state index >= 15 is 0 Å². The van der Waals surface area contributed by atoms with Gasteiger partial charge in [-0.25, -0.2) is 9.97 Å². The SMILES string of the molecule is CSC(CNc1cc(-c2ccc(C)nc2)ncn1)C(C)c1ccnc2cc(C)oc12. The van der Waals surface area contributed by atoms with Crippen LogP contribution in [-0.2, 0) is 0 Å². The molecule has 0 aliphatic carbocycles. The van der Waals surface area contributed by atoms with Crippen molar-refractivity contribution in [2.24, 2.45) is 0 Å². The number of hydrogen-bond acceptors (Lipinski definition) is 7. The Morgan fingerprint density at radius 3 is 2.70 bits per heavy atom. The lowest BCUT2D eigenvalue weighted by Gasteiger charge is -2.23. The Balaban J connectivity index is 1.50. The number of pyridine rings is 2. The molecule has 4 aromatic rings. The van der Waals surface area contributed by atoms with Crippen LogP contribution in [0.2, 0.25) is 0 Å². The maximum Gasteiger partial charge on any atom is 0.156 e. The predicted molar refractivity (Wildman–Crippen MR) is 123 cm³/mol. The Hall–Kier alpha value is -2.93. The van der Waals surface area contributed by atoms with E-state index in [0.29, 0.717) is 5.25 Å². The summed E-state index contributed by atoms with van der Waals surface area (Å²) in [6.07, 6.45) is 7.43. The lowest BCUT2D eigenvalue weighted by atomic mass is 9.97. The van der Waals surface area contributed by atoms with Gasteiger partial charge in [0.15, 0.2) is 5.58 Å². The molecule has 0 saturated heterocycles. The summed E-state index contributed by atoms with van der Waals surface area (Å²) >= 11 is 1.83. The number of rotatable bonds is 7. The van der Waals surface area contributed by atoms with Crippen molar-refractivity contribution in [2.75, 3.05) is 18.1 Å². The van der Waals surface area contributed by atoms with Crippen molar-refractivity contribution in [1.82, 2.24) is 19.9 Å². The van der Waals surface area contributed by atoms with Gasteiger partial charge in [0.25, 0.3) is 0 Å². The number of nitrogens with zero attached hydrogens (tertiary/aromatic N) is 4. The molecule has 4 heterocycles. The fraction of sp³-hybridized carbons (Fsp3) is 0.304. The summed E-state index contributed by atoms with van der Waals surface area (Å²) in [5.41, 5.74) is 5.81. The molecule has 0 saturated carbocycles. The molecule has 2 atom stereocenters. The molecule has 0 aliphatic heterocycles. The highest BCUT2D eigenvalue weighted by Gasteiger charge is 2.22. The second-order valence-electron chi connectivity index (χ2n) is 7.39. The molecule has 0 aliphatic rings. The van der Waals surface area contributed by atoms with Crippen LogP contribution in [0.15, 0.2) is 53.5 Å². The van der Waals surface area contributed by atoms with E-state index in [1.54, 1.807) is 6.33 Å². The molecule has 6 nitrogen and oxygen atoms in total. The Morgan fingerprint density at radius 2 is 1.93 bits per heavy atom. The number of nitrogens with one attached hydrogen (secondary N) is 1. The van der Waals surface area contributed by atoms with Crippen LogP contribution in [0.5, 0.6) is 0 Å². The Morgan fingerprint density at radius 1 is 1.07 bits per heavy atom. The minimum absolute atomic E-state index is 0.283. The monoisotopic (exact) mass is 419 g/mol. The molecule has 1 N–H and O–H groups in total. The van der Waals surface area contributed by atoms with E-state index in [2.05, 4.69) is 44.5 Å². The van der Waals surface area contributed by atoms with Crippen molar-refractivity contribution in [3.63, 3.8) is 0 Å². The maximum atomic E-state index is 5.93. The zero-order valence-electron chi connectivity index (χ0n) is 17.6. The first kappa shape index (κ1) is 20.3. The van der Waals surface area contributed by atoms with Gasteiger partial charge < -0.3 is 9.73 Å². The number of furan rings is 1. The van der Waals surface area contributed by atoms with Gasteiger partial charge in [0.2, 0.25) is 0 Å². The molecule has 0 fully saturated rings. The Kier molecular flexibility index (Phi) is 5.99. The summed E-state index contributed by atoms with van der Waals surface area (Å²) in [6, 6.07) is 10.0. The first-order chi connectivity index (χ1) is 14.5. The molecule has 30 heavy (non-hydrogen) atoms. The van der Waals surface area contributed by atoms with Crippen molar-refractivity contribution in [2.45, 2.75) is 31.9 Å². The van der Waals surface area contributed by atoms with Gasteiger partial charge in [-0.2, -0.15) is 11.8 Å². The fourth-order valence-electron chi connectivity index (χ4n) is 3.54. The zero-order chi connectivity index (χ0) is 21.1. The summed E-state index contributed by atoms with van der Waals surface area (Å²) in [7, 11) is 0. The summed E-state index contributed by atoms with van der Waals surface area (Å²) in [6.45, 7) is 6.94. The number of thioether (sulfide) groups is 1. The standard InChI is InChI=1S/C23H25N5OS/c1-14-5-6-17(11-25-14)19-10-22(28-13-27-19)26-12-21(30-4)16(3)18-7-8-24-20-9-15(2)29-23(18)20/h5-11,13,16,21H,12H2,1-4H3,(H,26,27,28). The molecular weight excluding hydrogens is 394 g/mol. The first-order valence-electron chi connectivity index (χ1n) is 9.92. The third-order valence-corrected chi connectivity index (χ3v) is 6.46. The predicted octanol–water partition coefficient (Wildman–Crippen LogP) is 5.24. The second kappa shape index (κ2) is 8.83. The molecule has 0 radical (unpaired) electrons. The highest BCUT2D eigenvalue weighted by Crippen LogP contribution is 2.33. The summed E-state index contributed by atoms with van der Waals surface area (Å²) in [5.74, 6) is 1.97. The van der Waals surface area contributed by atoms with Crippen LogP contribution >= 0.6 is 11.8 Å². The van der Waals surface area contributed by atoms with E-state index in [0.717, 1.165) is 46.2 Å². The van der Waals surface area contributed by atoms with E-state index in [4.69, 9.17) is 4.42 Å². The van der Waals surface area contributed by atoms with E-state index < -0.39 is 0 Å². The van der Waals surface area contributed by atoms with Crippen molar-refractivity contribution >= 4 is 28.7 Å². The van der Waals surface area contributed by atoms with Crippen LogP contribution in [0.4, 0.5) is 5.82 Å². The Labute approximate surface area is 180 Å². The molecule has 154 valence electrons. The summed E-state index contributed by atoms with van der Waals surface area (Å²) in [5, 5.41) is 3.82. The average molecular weight is 420 g/mol.